The summed E-state index contributed by atoms with van der Waals surface area (Å²) >= 11 is 0. The molecule has 0 bridgehead atoms. The van der Waals surface area contributed by atoms with Gasteiger partial charge in [0.25, 0.3) is 0 Å². The van der Waals surface area contributed by atoms with Gasteiger partial charge in [0.05, 0.1) is 6.61 Å². The number of alkyl halides is 1. The Labute approximate surface area is 71.0 Å². The highest BCUT2D eigenvalue weighted by atomic mass is 19.1. The number of carbonyl (C=O) groups is 1. The number of hydrogen-bond donors (Lipinski definition) is 2. The summed E-state index contributed by atoms with van der Waals surface area (Å²) < 4.78 is 12.6. The van der Waals surface area contributed by atoms with Gasteiger partial charge in [-0.15, -0.1) is 0 Å². The number of rotatable bonds is 3. The van der Waals surface area contributed by atoms with E-state index in [-0.39, 0.29) is 25.0 Å². The Balaban J connectivity index is 2.23. The zero-order chi connectivity index (χ0) is 8.97. The van der Waals surface area contributed by atoms with E-state index in [1.807, 2.05) is 0 Å². The third-order valence-electron chi connectivity index (χ3n) is 2.15. The molecule has 1 saturated carbocycles. The minimum Gasteiger partial charge on any atom is -0.395 e. The summed E-state index contributed by atoms with van der Waals surface area (Å²) in [5.74, 6) is -0.296. The maximum absolute atomic E-state index is 12.6. The number of halogens is 1. The van der Waals surface area contributed by atoms with Crippen molar-refractivity contribution in [2.75, 3.05) is 13.2 Å². The summed E-state index contributed by atoms with van der Waals surface area (Å²) in [4.78, 5) is 11.2. The fourth-order valence-electron chi connectivity index (χ4n) is 1.49. The minimum atomic E-state index is -0.810. The van der Waals surface area contributed by atoms with Gasteiger partial charge >= 0.3 is 0 Å². The average Bonchev–Trinajstić information content (AvgIpc) is 2.47. The third kappa shape index (κ3) is 2.44. The summed E-state index contributed by atoms with van der Waals surface area (Å²) in [6.45, 7) is 0.212. The molecule has 0 spiro atoms. The quantitative estimate of drug-likeness (QED) is 0.645. The van der Waals surface area contributed by atoms with Crippen molar-refractivity contribution >= 4 is 5.91 Å². The molecule has 0 aromatic heterocycles. The molecule has 2 unspecified atom stereocenters. The van der Waals surface area contributed by atoms with E-state index in [9.17, 15) is 9.18 Å². The Bertz CT molecular complexity index is 163. The van der Waals surface area contributed by atoms with Gasteiger partial charge < -0.3 is 10.4 Å². The van der Waals surface area contributed by atoms with Crippen LogP contribution in [0, 0.1) is 5.92 Å². The summed E-state index contributed by atoms with van der Waals surface area (Å²) in [6, 6.07) is 0. The van der Waals surface area contributed by atoms with Crippen molar-refractivity contribution in [2.45, 2.75) is 25.4 Å². The van der Waals surface area contributed by atoms with Crippen molar-refractivity contribution in [3.8, 4) is 0 Å². The van der Waals surface area contributed by atoms with Crippen LogP contribution in [0.15, 0.2) is 0 Å². The lowest BCUT2D eigenvalue weighted by atomic mass is 10.1. The molecule has 70 valence electrons. The first-order valence-electron chi connectivity index (χ1n) is 4.26. The summed E-state index contributed by atoms with van der Waals surface area (Å²) in [5.41, 5.74) is 0. The predicted molar refractivity (Wildman–Crippen MR) is 42.3 cm³/mol. The molecule has 0 heterocycles. The lowest BCUT2D eigenvalue weighted by Crippen LogP contribution is -2.31. The van der Waals surface area contributed by atoms with Gasteiger partial charge in [0.1, 0.15) is 6.17 Å². The van der Waals surface area contributed by atoms with Crippen molar-refractivity contribution in [2.24, 2.45) is 5.92 Å². The van der Waals surface area contributed by atoms with Crippen molar-refractivity contribution < 1.29 is 14.3 Å². The third-order valence-corrected chi connectivity index (χ3v) is 2.15. The van der Waals surface area contributed by atoms with Gasteiger partial charge in [-0.3, -0.25) is 4.79 Å². The molecule has 0 radical (unpaired) electrons. The summed E-state index contributed by atoms with van der Waals surface area (Å²) in [5, 5.41) is 11.0. The smallest absolute Gasteiger partial charge is 0.223 e. The molecule has 1 aliphatic rings. The van der Waals surface area contributed by atoms with Gasteiger partial charge in [0.2, 0.25) is 5.91 Å². The molecule has 0 aliphatic heterocycles. The first-order chi connectivity index (χ1) is 5.74. The second-order valence-corrected chi connectivity index (χ2v) is 3.12. The predicted octanol–water partition coefficient (Wildman–Crippen LogP) is 0.233. The zero-order valence-electron chi connectivity index (χ0n) is 6.92. The van der Waals surface area contributed by atoms with Crippen LogP contribution in [-0.4, -0.2) is 30.3 Å². The highest BCUT2D eigenvalue weighted by molar-refractivity contribution is 5.78. The number of aliphatic hydroxyl groups is 1. The van der Waals surface area contributed by atoms with Crippen LogP contribution in [0.2, 0.25) is 0 Å². The van der Waals surface area contributed by atoms with Gasteiger partial charge in [0.15, 0.2) is 0 Å². The Hall–Kier alpha value is -0.640. The van der Waals surface area contributed by atoms with Crippen LogP contribution < -0.4 is 5.32 Å². The second kappa shape index (κ2) is 4.40. The van der Waals surface area contributed by atoms with E-state index in [0.717, 1.165) is 0 Å². The molecule has 12 heavy (non-hydrogen) atoms. The van der Waals surface area contributed by atoms with Crippen molar-refractivity contribution in [3.05, 3.63) is 0 Å². The van der Waals surface area contributed by atoms with Gasteiger partial charge in [-0.25, -0.2) is 4.39 Å². The average molecular weight is 175 g/mol. The maximum Gasteiger partial charge on any atom is 0.223 e. The minimum absolute atomic E-state index is 0.0580. The molecule has 0 aromatic carbocycles. The SMILES string of the molecule is O=C(NCCO)C1CCC(F)C1. The number of carbonyl (C=O) groups excluding carboxylic acids is 1. The van der Waals surface area contributed by atoms with Crippen LogP contribution >= 0.6 is 0 Å². The van der Waals surface area contributed by atoms with Gasteiger partial charge in [-0.2, -0.15) is 0 Å². The normalized spacial score (nSPS) is 28.8. The fourth-order valence-corrected chi connectivity index (χ4v) is 1.49. The Morgan fingerprint density at radius 1 is 1.58 bits per heavy atom. The molecule has 4 heteroatoms. The standard InChI is InChI=1S/C8H14FNO2/c9-7-2-1-6(5-7)8(12)10-3-4-11/h6-7,11H,1-5H2,(H,10,12). The van der Waals surface area contributed by atoms with Crippen LogP contribution in [0.4, 0.5) is 4.39 Å². The van der Waals surface area contributed by atoms with Crippen molar-refractivity contribution in [1.29, 1.82) is 0 Å². The summed E-state index contributed by atoms with van der Waals surface area (Å²) in [7, 11) is 0. The second-order valence-electron chi connectivity index (χ2n) is 3.12. The zero-order valence-corrected chi connectivity index (χ0v) is 6.92. The molecule has 1 fully saturated rings. The molecule has 3 nitrogen and oxygen atoms in total. The van der Waals surface area contributed by atoms with E-state index < -0.39 is 6.17 Å². The van der Waals surface area contributed by atoms with E-state index >= 15 is 0 Å². The maximum atomic E-state index is 12.6. The van der Waals surface area contributed by atoms with E-state index in [0.29, 0.717) is 19.3 Å². The van der Waals surface area contributed by atoms with Crippen LogP contribution in [0.25, 0.3) is 0 Å². The first kappa shape index (κ1) is 9.45. The molecular formula is C8H14FNO2. The van der Waals surface area contributed by atoms with E-state index in [1.165, 1.54) is 0 Å². The van der Waals surface area contributed by atoms with Crippen molar-refractivity contribution in [1.82, 2.24) is 5.32 Å². The largest absolute Gasteiger partial charge is 0.395 e. The van der Waals surface area contributed by atoms with E-state index in [1.54, 1.807) is 0 Å². The molecule has 0 aromatic rings. The Morgan fingerprint density at radius 2 is 2.33 bits per heavy atom. The van der Waals surface area contributed by atoms with Crippen LogP contribution in [-0.2, 0) is 4.79 Å². The van der Waals surface area contributed by atoms with Crippen molar-refractivity contribution in [3.63, 3.8) is 0 Å². The molecule has 2 N–H and O–H groups in total. The van der Waals surface area contributed by atoms with Gasteiger partial charge in [0, 0.05) is 12.5 Å². The molecule has 0 saturated heterocycles. The Kier molecular flexibility index (Phi) is 3.47. The van der Waals surface area contributed by atoms with Gasteiger partial charge in [-0.1, -0.05) is 0 Å². The highest BCUT2D eigenvalue weighted by Gasteiger charge is 2.29. The van der Waals surface area contributed by atoms with Crippen LogP contribution in [0.3, 0.4) is 0 Å². The lowest BCUT2D eigenvalue weighted by Gasteiger charge is -2.08. The highest BCUT2D eigenvalue weighted by Crippen LogP contribution is 2.27. The number of aliphatic hydroxyl groups excluding tert-OH is 1. The number of hydrogen-bond acceptors (Lipinski definition) is 2. The van der Waals surface area contributed by atoms with Gasteiger partial charge in [-0.05, 0) is 19.3 Å². The molecule has 1 amide bonds. The van der Waals surface area contributed by atoms with Crippen LogP contribution in [0.1, 0.15) is 19.3 Å². The van der Waals surface area contributed by atoms with Crippen LogP contribution in [0.5, 0.6) is 0 Å². The first-order valence-corrected chi connectivity index (χ1v) is 4.26. The molecule has 1 rings (SSSR count). The fraction of sp³-hybridized carbons (Fsp3) is 0.875. The topological polar surface area (TPSA) is 49.3 Å². The molecular weight excluding hydrogens is 161 g/mol. The van der Waals surface area contributed by atoms with E-state index in [4.69, 9.17) is 5.11 Å². The molecule has 2 atom stereocenters. The molecule has 1 aliphatic carbocycles. The lowest BCUT2D eigenvalue weighted by molar-refractivity contribution is -0.125. The summed E-state index contributed by atoms with van der Waals surface area (Å²) in [6.07, 6.45) is 0.669. The van der Waals surface area contributed by atoms with E-state index in [2.05, 4.69) is 5.32 Å². The Morgan fingerprint density at radius 3 is 2.83 bits per heavy atom. The number of nitrogens with one attached hydrogen (secondary N) is 1. The number of amides is 1. The monoisotopic (exact) mass is 175 g/mol.